The molecule has 0 radical (unpaired) electrons. The lowest BCUT2D eigenvalue weighted by Crippen LogP contribution is -1.96. The Kier molecular flexibility index (Phi) is 3.29. The van der Waals surface area contributed by atoms with Crippen molar-refractivity contribution in [3.63, 3.8) is 0 Å². The molecule has 0 fully saturated rings. The highest BCUT2D eigenvalue weighted by Crippen LogP contribution is 2.34. The van der Waals surface area contributed by atoms with E-state index in [1.165, 1.54) is 11.8 Å². The topological polar surface area (TPSA) is 73.3 Å². The van der Waals surface area contributed by atoms with E-state index in [4.69, 9.17) is 9.40 Å². The van der Waals surface area contributed by atoms with Gasteiger partial charge in [0.1, 0.15) is 10.5 Å². The maximum absolute atomic E-state index is 11.5. The van der Waals surface area contributed by atoms with Crippen LogP contribution in [0, 0.1) is 6.92 Å². The summed E-state index contributed by atoms with van der Waals surface area (Å²) in [6.07, 6.45) is 0.799. The van der Waals surface area contributed by atoms with E-state index in [1.54, 1.807) is 11.4 Å². The lowest BCUT2D eigenvalue weighted by molar-refractivity contribution is 0.112. The van der Waals surface area contributed by atoms with Gasteiger partial charge in [-0.25, -0.2) is 14.5 Å². The van der Waals surface area contributed by atoms with Crippen LogP contribution in [-0.2, 0) is 0 Å². The van der Waals surface area contributed by atoms with Crippen molar-refractivity contribution in [2.24, 2.45) is 0 Å². The predicted octanol–water partition coefficient (Wildman–Crippen LogP) is 4.30. The third-order valence-corrected chi connectivity index (χ3v) is 5.08. The highest BCUT2D eigenvalue weighted by atomic mass is 32.2. The number of nitrogens with zero attached hydrogens (tertiary/aromatic N) is 4. The molecule has 0 unspecified atom stereocenters. The SMILES string of the molecule is Cc1nn2c(nc(Sc3nc4ccccc4o3)c3ccccc32)c1C=O. The molecule has 3 heterocycles. The van der Waals surface area contributed by atoms with Gasteiger partial charge in [0.2, 0.25) is 0 Å². The fourth-order valence-electron chi connectivity index (χ4n) is 2.99. The molecule has 0 atom stereocenters. The van der Waals surface area contributed by atoms with Gasteiger partial charge in [0.05, 0.1) is 16.8 Å². The number of benzene rings is 2. The molecule has 3 aromatic heterocycles. The van der Waals surface area contributed by atoms with Crippen molar-refractivity contribution >= 4 is 45.7 Å². The van der Waals surface area contributed by atoms with Gasteiger partial charge in [-0.3, -0.25) is 4.79 Å². The molecule has 126 valence electrons. The molecule has 0 aliphatic heterocycles. The van der Waals surface area contributed by atoms with E-state index in [-0.39, 0.29) is 0 Å². The summed E-state index contributed by atoms with van der Waals surface area (Å²) in [6, 6.07) is 15.4. The minimum atomic E-state index is 0.496. The number of aryl methyl sites for hydroxylation is 1. The number of carbonyl (C=O) groups excluding carboxylic acids is 1. The summed E-state index contributed by atoms with van der Waals surface area (Å²) in [4.78, 5) is 20.7. The molecule has 5 aromatic rings. The number of oxazole rings is 1. The van der Waals surface area contributed by atoms with E-state index in [0.717, 1.165) is 33.3 Å². The third kappa shape index (κ3) is 2.21. The molecule has 0 aliphatic carbocycles. The molecule has 0 bridgehead atoms. The quantitative estimate of drug-likeness (QED) is 0.353. The van der Waals surface area contributed by atoms with Gasteiger partial charge in [-0.2, -0.15) is 5.10 Å². The molecule has 5 rings (SSSR count). The van der Waals surface area contributed by atoms with Crippen LogP contribution in [-0.4, -0.2) is 25.9 Å². The first-order valence-electron chi connectivity index (χ1n) is 8.01. The Hall–Kier alpha value is -3.19. The average Bonchev–Trinajstić information content (AvgIpc) is 3.21. The zero-order valence-corrected chi connectivity index (χ0v) is 14.5. The zero-order valence-electron chi connectivity index (χ0n) is 13.7. The number of hydrogen-bond donors (Lipinski definition) is 0. The van der Waals surface area contributed by atoms with Crippen molar-refractivity contribution in [1.29, 1.82) is 0 Å². The van der Waals surface area contributed by atoms with Gasteiger partial charge in [-0.05, 0) is 36.9 Å². The first-order chi connectivity index (χ1) is 12.7. The summed E-state index contributed by atoms with van der Waals surface area (Å²) < 4.78 is 7.53. The molecule has 26 heavy (non-hydrogen) atoms. The van der Waals surface area contributed by atoms with Crippen LogP contribution in [0.2, 0.25) is 0 Å². The highest BCUT2D eigenvalue weighted by molar-refractivity contribution is 7.99. The van der Waals surface area contributed by atoms with Gasteiger partial charge in [-0.1, -0.05) is 30.3 Å². The Morgan fingerprint density at radius 3 is 2.73 bits per heavy atom. The molecule has 2 aromatic carbocycles. The number of rotatable bonds is 3. The number of hydrogen-bond acceptors (Lipinski definition) is 6. The van der Waals surface area contributed by atoms with Crippen LogP contribution in [0.3, 0.4) is 0 Å². The number of fused-ring (bicyclic) bond motifs is 4. The van der Waals surface area contributed by atoms with Gasteiger partial charge in [0.25, 0.3) is 5.22 Å². The van der Waals surface area contributed by atoms with Crippen molar-refractivity contribution in [3.05, 3.63) is 59.8 Å². The second-order valence-electron chi connectivity index (χ2n) is 5.84. The van der Waals surface area contributed by atoms with Gasteiger partial charge in [0.15, 0.2) is 17.5 Å². The summed E-state index contributed by atoms with van der Waals surface area (Å²) in [6.45, 7) is 1.81. The standard InChI is InChI=1S/C19H12N4O2S/c1-11-13(10-24)17-21-18(12-6-2-4-8-15(12)23(17)22-11)26-19-20-14-7-3-5-9-16(14)25-19/h2-10H,1H3. The van der Waals surface area contributed by atoms with Crippen LogP contribution in [0.25, 0.3) is 27.6 Å². The Bertz CT molecular complexity index is 1270. The fourth-order valence-corrected chi connectivity index (χ4v) is 3.85. The van der Waals surface area contributed by atoms with Gasteiger partial charge >= 0.3 is 0 Å². The fraction of sp³-hybridized carbons (Fsp3) is 0.0526. The van der Waals surface area contributed by atoms with Crippen molar-refractivity contribution in [1.82, 2.24) is 19.6 Å². The van der Waals surface area contributed by atoms with Crippen molar-refractivity contribution < 1.29 is 9.21 Å². The molecule has 0 N–H and O–H groups in total. The second kappa shape index (κ2) is 5.67. The first-order valence-corrected chi connectivity index (χ1v) is 8.83. The molecule has 0 aliphatic rings. The van der Waals surface area contributed by atoms with E-state index >= 15 is 0 Å². The monoisotopic (exact) mass is 360 g/mol. The maximum Gasteiger partial charge on any atom is 0.263 e. The first kappa shape index (κ1) is 15.1. The summed E-state index contributed by atoms with van der Waals surface area (Å²) in [5.41, 5.74) is 4.10. The minimum Gasteiger partial charge on any atom is -0.431 e. The van der Waals surface area contributed by atoms with Crippen LogP contribution in [0.1, 0.15) is 16.1 Å². The molecule has 6 nitrogen and oxygen atoms in total. The Morgan fingerprint density at radius 2 is 1.88 bits per heavy atom. The van der Waals surface area contributed by atoms with Crippen molar-refractivity contribution in [3.8, 4) is 0 Å². The molecule has 0 amide bonds. The number of aldehydes is 1. The van der Waals surface area contributed by atoms with Gasteiger partial charge in [0, 0.05) is 5.39 Å². The summed E-state index contributed by atoms with van der Waals surface area (Å²) >= 11 is 1.34. The third-order valence-electron chi connectivity index (χ3n) is 4.23. The zero-order chi connectivity index (χ0) is 17.7. The normalized spacial score (nSPS) is 11.6. The van der Waals surface area contributed by atoms with E-state index in [0.29, 0.717) is 22.1 Å². The van der Waals surface area contributed by atoms with Crippen LogP contribution < -0.4 is 0 Å². The van der Waals surface area contributed by atoms with Crippen molar-refractivity contribution in [2.75, 3.05) is 0 Å². The largest absolute Gasteiger partial charge is 0.431 e. The van der Waals surface area contributed by atoms with Gasteiger partial charge < -0.3 is 4.42 Å². The number of aromatic nitrogens is 4. The van der Waals surface area contributed by atoms with Crippen LogP contribution in [0.15, 0.2) is 63.2 Å². The van der Waals surface area contributed by atoms with Gasteiger partial charge in [-0.15, -0.1) is 0 Å². The second-order valence-corrected chi connectivity index (χ2v) is 6.78. The molecule has 0 saturated carbocycles. The van der Waals surface area contributed by atoms with Crippen LogP contribution >= 0.6 is 11.8 Å². The smallest absolute Gasteiger partial charge is 0.263 e. The Morgan fingerprint density at radius 1 is 1.08 bits per heavy atom. The molecular weight excluding hydrogens is 348 g/mol. The van der Waals surface area contributed by atoms with E-state index in [9.17, 15) is 4.79 Å². The van der Waals surface area contributed by atoms with E-state index in [1.807, 2.05) is 48.5 Å². The lowest BCUT2D eigenvalue weighted by atomic mass is 10.2. The van der Waals surface area contributed by atoms with E-state index in [2.05, 4.69) is 10.1 Å². The lowest BCUT2D eigenvalue weighted by Gasteiger charge is -2.06. The maximum atomic E-state index is 11.5. The summed E-state index contributed by atoms with van der Waals surface area (Å²) in [5, 5.41) is 6.63. The number of carbonyl (C=O) groups is 1. The average molecular weight is 360 g/mol. The molecular formula is C19H12N4O2S. The Labute approximate surface area is 151 Å². The number of para-hydroxylation sites is 3. The highest BCUT2D eigenvalue weighted by Gasteiger charge is 2.17. The van der Waals surface area contributed by atoms with Crippen molar-refractivity contribution in [2.45, 2.75) is 17.2 Å². The minimum absolute atomic E-state index is 0.496. The molecule has 7 heteroatoms. The van der Waals surface area contributed by atoms with E-state index < -0.39 is 0 Å². The predicted molar refractivity (Wildman–Crippen MR) is 98.7 cm³/mol. The van der Waals surface area contributed by atoms with Crippen LogP contribution in [0.5, 0.6) is 0 Å². The Balaban J connectivity index is 1.76. The summed E-state index contributed by atoms with van der Waals surface area (Å²) in [7, 11) is 0. The molecule has 0 spiro atoms. The summed E-state index contributed by atoms with van der Waals surface area (Å²) in [5.74, 6) is 0. The molecule has 0 saturated heterocycles. The van der Waals surface area contributed by atoms with Crippen LogP contribution in [0.4, 0.5) is 0 Å².